The van der Waals surface area contributed by atoms with E-state index < -0.39 is 21.7 Å². The van der Waals surface area contributed by atoms with Crippen molar-refractivity contribution in [2.45, 2.75) is 37.4 Å². The van der Waals surface area contributed by atoms with Gasteiger partial charge in [-0.2, -0.15) is 5.10 Å². The molecule has 9 nitrogen and oxygen atoms in total. The Bertz CT molecular complexity index is 1070. The molecule has 154 valence electrons. The van der Waals surface area contributed by atoms with Gasteiger partial charge in [-0.1, -0.05) is 12.1 Å². The number of aryl methyl sites for hydroxylation is 1. The van der Waals surface area contributed by atoms with E-state index in [1.165, 1.54) is 4.68 Å². The maximum absolute atomic E-state index is 12.5. The molecule has 2 aliphatic rings. The Labute approximate surface area is 168 Å². The number of hydrogen-bond donors (Lipinski definition) is 2. The molecule has 0 spiro atoms. The molecule has 2 aliphatic heterocycles. The van der Waals surface area contributed by atoms with Crippen molar-refractivity contribution in [1.82, 2.24) is 15.1 Å². The molecular formula is C19H22N4O5S. The van der Waals surface area contributed by atoms with Crippen LogP contribution in [0.2, 0.25) is 0 Å². The molecule has 1 atom stereocenters. The zero-order chi connectivity index (χ0) is 20.6. The SMILES string of the molecule is Cc1cccc(-n2nc3c(c2NC(=O)C(=O)NC[C@@H]2CCCO2)CS(=O)(=O)C3)c1. The molecule has 2 amide bonds. The molecule has 1 saturated heterocycles. The zero-order valence-electron chi connectivity index (χ0n) is 16.0. The quantitative estimate of drug-likeness (QED) is 0.710. The van der Waals surface area contributed by atoms with E-state index in [4.69, 9.17) is 4.74 Å². The van der Waals surface area contributed by atoms with E-state index in [0.29, 0.717) is 23.6 Å². The van der Waals surface area contributed by atoms with Crippen molar-refractivity contribution in [3.05, 3.63) is 41.1 Å². The molecule has 0 unspecified atom stereocenters. The molecule has 3 heterocycles. The Morgan fingerprint density at radius 1 is 1.28 bits per heavy atom. The van der Waals surface area contributed by atoms with E-state index in [0.717, 1.165) is 18.4 Å². The van der Waals surface area contributed by atoms with Gasteiger partial charge < -0.3 is 15.4 Å². The van der Waals surface area contributed by atoms with Crippen LogP contribution >= 0.6 is 0 Å². The summed E-state index contributed by atoms with van der Waals surface area (Å²) in [6.45, 7) is 2.83. The van der Waals surface area contributed by atoms with Gasteiger partial charge in [0.1, 0.15) is 5.82 Å². The van der Waals surface area contributed by atoms with Crippen molar-refractivity contribution in [2.24, 2.45) is 0 Å². The molecule has 2 aromatic rings. The number of sulfone groups is 1. The van der Waals surface area contributed by atoms with Gasteiger partial charge in [0.2, 0.25) is 0 Å². The molecule has 0 bridgehead atoms. The maximum Gasteiger partial charge on any atom is 0.314 e. The molecule has 29 heavy (non-hydrogen) atoms. The Morgan fingerprint density at radius 2 is 2.10 bits per heavy atom. The fourth-order valence-electron chi connectivity index (χ4n) is 3.57. The van der Waals surface area contributed by atoms with E-state index in [-0.39, 0.29) is 30.0 Å². The van der Waals surface area contributed by atoms with Crippen molar-refractivity contribution >= 4 is 27.5 Å². The van der Waals surface area contributed by atoms with Crippen LogP contribution in [-0.2, 0) is 35.7 Å². The molecule has 10 heteroatoms. The number of fused-ring (bicyclic) bond motifs is 1. The molecule has 1 fully saturated rings. The third kappa shape index (κ3) is 4.18. The summed E-state index contributed by atoms with van der Waals surface area (Å²) in [5.74, 6) is -1.86. The first-order valence-electron chi connectivity index (χ1n) is 9.41. The lowest BCUT2D eigenvalue weighted by atomic mass is 10.2. The Morgan fingerprint density at radius 3 is 2.83 bits per heavy atom. The van der Waals surface area contributed by atoms with E-state index >= 15 is 0 Å². The number of carbonyl (C=O) groups excluding carboxylic acids is 2. The van der Waals surface area contributed by atoms with Gasteiger partial charge in [-0.15, -0.1) is 0 Å². The van der Waals surface area contributed by atoms with Gasteiger partial charge in [0.25, 0.3) is 0 Å². The molecule has 1 aromatic carbocycles. The van der Waals surface area contributed by atoms with Crippen molar-refractivity contribution in [3.8, 4) is 5.69 Å². The number of benzene rings is 1. The fraction of sp³-hybridized carbons (Fsp3) is 0.421. The second kappa shape index (κ2) is 7.60. The van der Waals surface area contributed by atoms with Gasteiger partial charge in [-0.3, -0.25) is 9.59 Å². The topological polar surface area (TPSA) is 119 Å². The molecular weight excluding hydrogens is 396 g/mol. The van der Waals surface area contributed by atoms with Crippen LogP contribution < -0.4 is 10.6 Å². The number of ether oxygens (including phenoxy) is 1. The first kappa shape index (κ1) is 19.6. The van der Waals surface area contributed by atoms with Gasteiger partial charge in [0, 0.05) is 18.7 Å². The van der Waals surface area contributed by atoms with Crippen molar-refractivity contribution in [1.29, 1.82) is 0 Å². The van der Waals surface area contributed by atoms with Crippen molar-refractivity contribution in [2.75, 3.05) is 18.5 Å². The number of rotatable bonds is 4. The first-order valence-corrected chi connectivity index (χ1v) is 11.2. The van der Waals surface area contributed by atoms with Gasteiger partial charge in [-0.25, -0.2) is 13.1 Å². The van der Waals surface area contributed by atoms with E-state index in [1.54, 1.807) is 6.07 Å². The van der Waals surface area contributed by atoms with Gasteiger partial charge in [0.15, 0.2) is 9.84 Å². The average molecular weight is 418 g/mol. The third-order valence-electron chi connectivity index (χ3n) is 4.99. The summed E-state index contributed by atoms with van der Waals surface area (Å²) in [6.07, 6.45) is 1.69. The summed E-state index contributed by atoms with van der Waals surface area (Å²) in [4.78, 5) is 24.7. The monoisotopic (exact) mass is 418 g/mol. The number of carbonyl (C=O) groups is 2. The highest BCUT2D eigenvalue weighted by Gasteiger charge is 2.34. The van der Waals surface area contributed by atoms with Crippen LogP contribution in [0.25, 0.3) is 5.69 Å². The number of nitrogens with one attached hydrogen (secondary N) is 2. The standard InChI is InChI=1S/C19H22N4O5S/c1-12-4-2-5-13(8-12)23-17(15-10-29(26,27)11-16(15)22-23)21-19(25)18(24)20-9-14-6-3-7-28-14/h2,4-5,8,14H,3,6-7,9-11H2,1H3,(H,20,24)(H,21,25)/t14-/m0/s1. The van der Waals surface area contributed by atoms with Crippen LogP contribution in [0.1, 0.15) is 29.7 Å². The molecule has 4 rings (SSSR count). The van der Waals surface area contributed by atoms with Crippen LogP contribution in [0.15, 0.2) is 24.3 Å². The lowest BCUT2D eigenvalue weighted by Gasteiger charge is -2.13. The minimum absolute atomic E-state index is 0.0843. The lowest BCUT2D eigenvalue weighted by molar-refractivity contribution is -0.136. The van der Waals surface area contributed by atoms with Crippen LogP contribution in [0, 0.1) is 6.92 Å². The lowest BCUT2D eigenvalue weighted by Crippen LogP contribution is -2.39. The Hall–Kier alpha value is -2.72. The van der Waals surface area contributed by atoms with E-state index in [9.17, 15) is 18.0 Å². The van der Waals surface area contributed by atoms with Crippen LogP contribution in [-0.4, -0.2) is 49.3 Å². The Balaban J connectivity index is 1.58. The summed E-state index contributed by atoms with van der Waals surface area (Å²) < 4.78 is 31.0. The summed E-state index contributed by atoms with van der Waals surface area (Å²) in [6, 6.07) is 7.43. The van der Waals surface area contributed by atoms with Gasteiger partial charge >= 0.3 is 11.8 Å². The van der Waals surface area contributed by atoms with Crippen LogP contribution in [0.4, 0.5) is 5.82 Å². The summed E-state index contributed by atoms with van der Waals surface area (Å²) >= 11 is 0. The maximum atomic E-state index is 12.5. The molecule has 1 aromatic heterocycles. The predicted octanol–water partition coefficient (Wildman–Crippen LogP) is 0.843. The zero-order valence-corrected chi connectivity index (χ0v) is 16.8. The number of aromatic nitrogens is 2. The minimum atomic E-state index is -3.31. The van der Waals surface area contributed by atoms with Crippen LogP contribution in [0.5, 0.6) is 0 Å². The smallest absolute Gasteiger partial charge is 0.314 e. The van der Waals surface area contributed by atoms with Crippen molar-refractivity contribution < 1.29 is 22.7 Å². The fourth-order valence-corrected chi connectivity index (χ4v) is 5.07. The normalized spacial score (nSPS) is 19.7. The summed E-state index contributed by atoms with van der Waals surface area (Å²) in [5, 5.41) is 9.52. The first-order chi connectivity index (χ1) is 13.8. The molecule has 0 aliphatic carbocycles. The number of hydrogen-bond acceptors (Lipinski definition) is 6. The highest BCUT2D eigenvalue weighted by atomic mass is 32.2. The summed E-state index contributed by atoms with van der Waals surface area (Å²) in [5.41, 5.74) is 2.47. The van der Waals surface area contributed by atoms with Crippen LogP contribution in [0.3, 0.4) is 0 Å². The van der Waals surface area contributed by atoms with Gasteiger partial charge in [0.05, 0.1) is 29.0 Å². The van der Waals surface area contributed by atoms with Crippen molar-refractivity contribution in [3.63, 3.8) is 0 Å². The van der Waals surface area contributed by atoms with E-state index in [2.05, 4.69) is 15.7 Å². The van der Waals surface area contributed by atoms with E-state index in [1.807, 2.05) is 25.1 Å². The Kier molecular flexibility index (Phi) is 5.13. The molecule has 0 saturated carbocycles. The molecule has 2 N–H and O–H groups in total. The number of anilines is 1. The average Bonchev–Trinajstić information content (AvgIpc) is 3.35. The second-order valence-electron chi connectivity index (χ2n) is 7.36. The second-order valence-corrected chi connectivity index (χ2v) is 9.42. The largest absolute Gasteiger partial charge is 0.376 e. The predicted molar refractivity (Wildman–Crippen MR) is 105 cm³/mol. The third-order valence-corrected chi connectivity index (χ3v) is 6.43. The number of amides is 2. The highest BCUT2D eigenvalue weighted by molar-refractivity contribution is 7.90. The highest BCUT2D eigenvalue weighted by Crippen LogP contribution is 2.33. The molecule has 0 radical (unpaired) electrons. The number of nitrogens with zero attached hydrogens (tertiary/aromatic N) is 2. The van der Waals surface area contributed by atoms with Gasteiger partial charge in [-0.05, 0) is 37.5 Å². The minimum Gasteiger partial charge on any atom is -0.376 e. The summed E-state index contributed by atoms with van der Waals surface area (Å²) in [7, 11) is -3.31.